The zero-order chi connectivity index (χ0) is 9.98. The molecule has 12 heavy (non-hydrogen) atoms. The maximum Gasteiger partial charge on any atom is 0.303 e. The quantitative estimate of drug-likeness (QED) is 0.665. The minimum atomic E-state index is -0.695. The molecule has 3 nitrogen and oxygen atoms in total. The van der Waals surface area contributed by atoms with Gasteiger partial charge in [0.05, 0.1) is 0 Å². The van der Waals surface area contributed by atoms with Crippen molar-refractivity contribution < 1.29 is 9.90 Å². The molecule has 74 valence electrons. The van der Waals surface area contributed by atoms with Crippen molar-refractivity contribution >= 4 is 17.7 Å². The number of thioether (sulfide) groups is 1. The summed E-state index contributed by atoms with van der Waals surface area (Å²) in [6.07, 6.45) is 3.07. The summed E-state index contributed by atoms with van der Waals surface area (Å²) in [5, 5.41) is 8.13. The second-order valence-corrected chi connectivity index (χ2v) is 3.72. The molecule has 0 saturated carbocycles. The molecule has 4 heteroatoms. The first kappa shape index (κ1) is 14.3. The second-order valence-electron chi connectivity index (χ2n) is 2.73. The van der Waals surface area contributed by atoms with Crippen LogP contribution in [0, 0.1) is 0 Å². The lowest BCUT2D eigenvalue weighted by molar-refractivity contribution is -0.137. The van der Waals surface area contributed by atoms with Crippen molar-refractivity contribution in [2.24, 2.45) is 5.73 Å². The Hall–Kier alpha value is -0.220. The molecule has 0 aliphatic rings. The maximum absolute atomic E-state index is 9.86. The Morgan fingerprint density at radius 3 is 2.25 bits per heavy atom. The molecule has 0 aromatic rings. The number of carboxylic acid groups (broad SMARTS) is 1. The highest BCUT2D eigenvalue weighted by atomic mass is 32.2. The largest absolute Gasteiger partial charge is 0.481 e. The van der Waals surface area contributed by atoms with Gasteiger partial charge >= 0.3 is 5.97 Å². The molecule has 0 radical (unpaired) electrons. The molecule has 0 aromatic carbocycles. The van der Waals surface area contributed by atoms with Gasteiger partial charge in [0.2, 0.25) is 0 Å². The van der Waals surface area contributed by atoms with Gasteiger partial charge in [0, 0.05) is 6.42 Å². The first-order valence-corrected chi connectivity index (χ1v) is 5.36. The molecule has 0 fully saturated rings. The summed E-state index contributed by atoms with van der Waals surface area (Å²) in [6.45, 7) is 3.89. The van der Waals surface area contributed by atoms with Crippen LogP contribution in [-0.4, -0.2) is 29.1 Å². The van der Waals surface area contributed by atoms with Crippen molar-refractivity contribution in [3.63, 3.8) is 0 Å². The zero-order valence-corrected chi connectivity index (χ0v) is 8.86. The Balaban J connectivity index is 0. The van der Waals surface area contributed by atoms with Crippen molar-refractivity contribution in [1.29, 1.82) is 0 Å². The highest BCUT2D eigenvalue weighted by Gasteiger charge is 1.93. The number of aliphatic carboxylic acids is 1. The fraction of sp³-hybridized carbons (Fsp3) is 0.875. The third kappa shape index (κ3) is 33.0. The highest BCUT2D eigenvalue weighted by Crippen LogP contribution is 1.97. The fourth-order valence-electron chi connectivity index (χ4n) is 0.368. The van der Waals surface area contributed by atoms with Crippen molar-refractivity contribution in [3.05, 3.63) is 0 Å². The third-order valence-electron chi connectivity index (χ3n) is 0.739. The number of carbonyl (C=O) groups is 1. The average molecular weight is 193 g/mol. The molecule has 0 aliphatic carbocycles. The van der Waals surface area contributed by atoms with E-state index in [-0.39, 0.29) is 0 Å². The number of hydrogen-bond donors (Lipinski definition) is 2. The third-order valence-corrected chi connectivity index (χ3v) is 1.44. The van der Waals surface area contributed by atoms with Crippen LogP contribution in [0.3, 0.4) is 0 Å². The normalized spacial score (nSPS) is 9.08. The summed E-state index contributed by atoms with van der Waals surface area (Å²) in [6, 6.07) is 0.333. The van der Waals surface area contributed by atoms with Crippen molar-refractivity contribution in [3.8, 4) is 0 Å². The van der Waals surface area contributed by atoms with Crippen molar-refractivity contribution in [2.45, 2.75) is 32.7 Å². The van der Waals surface area contributed by atoms with Gasteiger partial charge in [-0.15, -0.1) is 0 Å². The van der Waals surface area contributed by atoms with Crippen LogP contribution in [0.2, 0.25) is 0 Å². The summed E-state index contributed by atoms with van der Waals surface area (Å²) in [7, 11) is 0. The van der Waals surface area contributed by atoms with Crippen LogP contribution in [-0.2, 0) is 4.79 Å². The molecule has 0 spiro atoms. The Kier molecular flexibility index (Phi) is 12.9. The average Bonchev–Trinajstić information content (AvgIpc) is 1.86. The van der Waals surface area contributed by atoms with Gasteiger partial charge in [0.25, 0.3) is 0 Å². The van der Waals surface area contributed by atoms with E-state index in [0.717, 1.165) is 12.2 Å². The molecule has 0 aliphatic heterocycles. The van der Waals surface area contributed by atoms with Gasteiger partial charge in [-0.3, -0.25) is 4.79 Å². The molecular formula is C8H19NO2S. The second kappa shape index (κ2) is 10.8. The molecule has 0 heterocycles. The van der Waals surface area contributed by atoms with E-state index in [1.807, 2.05) is 20.1 Å². The Bertz CT molecular complexity index is 104. The van der Waals surface area contributed by atoms with E-state index < -0.39 is 5.97 Å². The Morgan fingerprint density at radius 1 is 1.58 bits per heavy atom. The molecular weight excluding hydrogens is 174 g/mol. The molecule has 0 bridgehead atoms. The Morgan fingerprint density at radius 2 is 2.00 bits per heavy atom. The lowest BCUT2D eigenvalue weighted by atomic mass is 10.3. The molecule has 0 aromatic heterocycles. The van der Waals surface area contributed by atoms with Crippen LogP contribution in [0.4, 0.5) is 0 Å². The van der Waals surface area contributed by atoms with Gasteiger partial charge in [-0.25, -0.2) is 0 Å². The van der Waals surface area contributed by atoms with Crippen LogP contribution >= 0.6 is 11.8 Å². The summed E-state index contributed by atoms with van der Waals surface area (Å²) in [5.41, 5.74) is 5.11. The smallest absolute Gasteiger partial charge is 0.303 e. The molecule has 0 rings (SSSR count). The monoisotopic (exact) mass is 193 g/mol. The summed E-state index contributed by atoms with van der Waals surface area (Å²) < 4.78 is 0. The van der Waals surface area contributed by atoms with Gasteiger partial charge in [0.15, 0.2) is 0 Å². The van der Waals surface area contributed by atoms with Crippen LogP contribution < -0.4 is 5.73 Å². The minimum Gasteiger partial charge on any atom is -0.481 e. The number of rotatable bonds is 4. The lowest BCUT2D eigenvalue weighted by Crippen LogP contribution is -2.06. The van der Waals surface area contributed by atoms with Crippen molar-refractivity contribution in [2.75, 3.05) is 12.0 Å². The van der Waals surface area contributed by atoms with E-state index >= 15 is 0 Å². The van der Waals surface area contributed by atoms with E-state index in [9.17, 15) is 4.79 Å². The SMILES string of the molecule is CC(C)N.CSCCCC(=O)O. The van der Waals surface area contributed by atoms with E-state index in [1.54, 1.807) is 11.8 Å². The summed E-state index contributed by atoms with van der Waals surface area (Å²) in [5.74, 6) is 0.255. The lowest BCUT2D eigenvalue weighted by Gasteiger charge is -1.89. The van der Waals surface area contributed by atoms with Crippen LogP contribution in [0.5, 0.6) is 0 Å². The van der Waals surface area contributed by atoms with Gasteiger partial charge in [-0.2, -0.15) is 11.8 Å². The van der Waals surface area contributed by atoms with E-state index in [0.29, 0.717) is 12.5 Å². The zero-order valence-electron chi connectivity index (χ0n) is 8.04. The number of nitrogens with two attached hydrogens (primary N) is 1. The van der Waals surface area contributed by atoms with Gasteiger partial charge in [-0.1, -0.05) is 13.8 Å². The van der Waals surface area contributed by atoms with Crippen LogP contribution in [0.15, 0.2) is 0 Å². The maximum atomic E-state index is 9.86. The van der Waals surface area contributed by atoms with Crippen LogP contribution in [0.25, 0.3) is 0 Å². The topological polar surface area (TPSA) is 63.3 Å². The first-order valence-electron chi connectivity index (χ1n) is 3.97. The van der Waals surface area contributed by atoms with Gasteiger partial charge in [-0.05, 0) is 24.5 Å². The van der Waals surface area contributed by atoms with E-state index in [4.69, 9.17) is 10.8 Å². The van der Waals surface area contributed by atoms with Gasteiger partial charge < -0.3 is 10.8 Å². The molecule has 0 amide bonds. The van der Waals surface area contributed by atoms with Crippen LogP contribution in [0.1, 0.15) is 26.7 Å². The highest BCUT2D eigenvalue weighted by molar-refractivity contribution is 7.98. The fourth-order valence-corrected chi connectivity index (χ4v) is 0.801. The predicted octanol–water partition coefficient (Wildman–Crippen LogP) is 1.57. The van der Waals surface area contributed by atoms with Gasteiger partial charge in [0.1, 0.15) is 0 Å². The summed E-state index contributed by atoms with van der Waals surface area (Å²) >= 11 is 1.68. The van der Waals surface area contributed by atoms with Crippen molar-refractivity contribution in [1.82, 2.24) is 0 Å². The minimum absolute atomic E-state index is 0.306. The Labute approximate surface area is 78.7 Å². The predicted molar refractivity (Wildman–Crippen MR) is 54.6 cm³/mol. The standard InChI is InChI=1S/C5H10O2S.C3H9N/c1-8-4-2-3-5(6)7;1-3(2)4/h2-4H2,1H3,(H,6,7);3H,4H2,1-2H3. The molecule has 0 unspecified atom stereocenters. The molecule has 0 saturated heterocycles. The molecule has 0 atom stereocenters. The molecule has 3 N–H and O–H groups in total. The first-order chi connectivity index (χ1) is 5.50. The summed E-state index contributed by atoms with van der Waals surface area (Å²) in [4.78, 5) is 9.86. The number of carboxylic acids is 1. The van der Waals surface area contributed by atoms with E-state index in [2.05, 4.69) is 0 Å². The number of hydrogen-bond acceptors (Lipinski definition) is 3. The van der Waals surface area contributed by atoms with E-state index in [1.165, 1.54) is 0 Å².